The SMILES string of the molecule is CS(=O)(=O)[C@H](Cl)[C@@H](O)c1ccc(Cl)cc1. The molecular weight excluding hydrogens is 259 g/mol. The molecule has 3 nitrogen and oxygen atoms in total. The van der Waals surface area contributed by atoms with E-state index in [-0.39, 0.29) is 0 Å². The van der Waals surface area contributed by atoms with Crippen LogP contribution < -0.4 is 0 Å². The van der Waals surface area contributed by atoms with Crippen molar-refractivity contribution in [2.45, 2.75) is 10.8 Å². The molecule has 0 bridgehead atoms. The molecular formula is C9H10Cl2O3S. The van der Waals surface area contributed by atoms with Crippen molar-refractivity contribution in [2.24, 2.45) is 0 Å². The molecule has 15 heavy (non-hydrogen) atoms. The molecule has 0 aliphatic heterocycles. The lowest BCUT2D eigenvalue weighted by atomic mass is 10.1. The Labute approximate surface area is 98.6 Å². The summed E-state index contributed by atoms with van der Waals surface area (Å²) >= 11 is 11.3. The first kappa shape index (κ1) is 12.8. The third-order valence-electron chi connectivity index (χ3n) is 1.87. The number of aliphatic hydroxyl groups is 1. The van der Waals surface area contributed by atoms with E-state index in [2.05, 4.69) is 0 Å². The van der Waals surface area contributed by atoms with E-state index in [4.69, 9.17) is 23.2 Å². The van der Waals surface area contributed by atoms with Crippen LogP contribution in [0, 0.1) is 0 Å². The van der Waals surface area contributed by atoms with Gasteiger partial charge in [-0.1, -0.05) is 23.7 Å². The van der Waals surface area contributed by atoms with Crippen LogP contribution in [0.1, 0.15) is 11.7 Å². The van der Waals surface area contributed by atoms with Gasteiger partial charge in [0.15, 0.2) is 14.5 Å². The van der Waals surface area contributed by atoms with Gasteiger partial charge in [0.25, 0.3) is 0 Å². The molecule has 0 saturated heterocycles. The zero-order chi connectivity index (χ0) is 11.6. The molecule has 1 aromatic carbocycles. The number of aliphatic hydroxyl groups excluding tert-OH is 1. The predicted octanol–water partition coefficient (Wildman–Crippen LogP) is 1.98. The van der Waals surface area contributed by atoms with Crippen LogP contribution in [0.25, 0.3) is 0 Å². The maximum atomic E-state index is 11.1. The van der Waals surface area contributed by atoms with Crippen LogP contribution in [-0.2, 0) is 9.84 Å². The van der Waals surface area contributed by atoms with Gasteiger partial charge in [-0.2, -0.15) is 0 Å². The van der Waals surface area contributed by atoms with Gasteiger partial charge in [-0.05, 0) is 17.7 Å². The number of halogens is 2. The van der Waals surface area contributed by atoms with Crippen molar-refractivity contribution in [1.29, 1.82) is 0 Å². The van der Waals surface area contributed by atoms with E-state index in [9.17, 15) is 13.5 Å². The predicted molar refractivity (Wildman–Crippen MR) is 60.9 cm³/mol. The first-order chi connectivity index (χ1) is 6.82. The molecule has 0 aliphatic carbocycles. The maximum Gasteiger partial charge on any atom is 0.167 e. The molecule has 0 heterocycles. The van der Waals surface area contributed by atoms with Crippen molar-refractivity contribution in [2.75, 3.05) is 6.26 Å². The molecule has 1 aromatic rings. The zero-order valence-corrected chi connectivity index (χ0v) is 10.2. The summed E-state index contributed by atoms with van der Waals surface area (Å²) < 4.78 is 20.8. The second-order valence-electron chi connectivity index (χ2n) is 3.18. The highest BCUT2D eigenvalue weighted by molar-refractivity contribution is 7.92. The van der Waals surface area contributed by atoms with Gasteiger partial charge >= 0.3 is 0 Å². The van der Waals surface area contributed by atoms with Crippen molar-refractivity contribution in [3.05, 3.63) is 34.9 Å². The van der Waals surface area contributed by atoms with E-state index >= 15 is 0 Å². The minimum Gasteiger partial charge on any atom is -0.386 e. The van der Waals surface area contributed by atoms with Crippen molar-refractivity contribution in [3.63, 3.8) is 0 Å². The monoisotopic (exact) mass is 268 g/mol. The minimum absolute atomic E-state index is 0.421. The van der Waals surface area contributed by atoms with Crippen LogP contribution in [-0.4, -0.2) is 24.5 Å². The maximum absolute atomic E-state index is 11.1. The topological polar surface area (TPSA) is 54.4 Å². The number of alkyl halides is 1. The number of hydrogen-bond donors (Lipinski definition) is 1. The zero-order valence-electron chi connectivity index (χ0n) is 7.89. The van der Waals surface area contributed by atoms with E-state index in [1.807, 2.05) is 0 Å². The Bertz CT molecular complexity index is 427. The molecule has 0 radical (unpaired) electrons. The molecule has 6 heteroatoms. The molecule has 0 amide bonds. The summed E-state index contributed by atoms with van der Waals surface area (Å²) in [7, 11) is -3.48. The lowest BCUT2D eigenvalue weighted by molar-refractivity contribution is 0.192. The van der Waals surface area contributed by atoms with E-state index < -0.39 is 20.7 Å². The Balaban J connectivity index is 2.95. The molecule has 0 saturated carbocycles. The molecule has 1 rings (SSSR count). The summed E-state index contributed by atoms with van der Waals surface area (Å²) in [5, 5.41) is 10.2. The highest BCUT2D eigenvalue weighted by Gasteiger charge is 2.27. The van der Waals surface area contributed by atoms with Crippen LogP contribution in [0.5, 0.6) is 0 Å². The average Bonchev–Trinajstić information content (AvgIpc) is 2.15. The average molecular weight is 269 g/mol. The van der Waals surface area contributed by atoms with Crippen LogP contribution in [0.4, 0.5) is 0 Å². The molecule has 84 valence electrons. The Kier molecular flexibility index (Phi) is 4.00. The van der Waals surface area contributed by atoms with Crippen LogP contribution in [0.3, 0.4) is 0 Å². The van der Waals surface area contributed by atoms with Crippen molar-refractivity contribution in [3.8, 4) is 0 Å². The second kappa shape index (κ2) is 4.70. The molecule has 0 fully saturated rings. The van der Waals surface area contributed by atoms with Gasteiger partial charge in [0, 0.05) is 11.3 Å². The highest BCUT2D eigenvalue weighted by atomic mass is 35.5. The van der Waals surface area contributed by atoms with Gasteiger partial charge in [-0.25, -0.2) is 8.42 Å². The molecule has 0 aromatic heterocycles. The molecule has 1 N–H and O–H groups in total. The fourth-order valence-electron chi connectivity index (χ4n) is 1.05. The largest absolute Gasteiger partial charge is 0.386 e. The Morgan fingerprint density at radius 1 is 1.27 bits per heavy atom. The number of rotatable bonds is 3. The highest BCUT2D eigenvalue weighted by Crippen LogP contribution is 2.25. The van der Waals surface area contributed by atoms with Crippen molar-refractivity contribution >= 4 is 33.0 Å². The van der Waals surface area contributed by atoms with Gasteiger partial charge in [0.05, 0.1) is 0 Å². The Morgan fingerprint density at radius 2 is 1.73 bits per heavy atom. The summed E-state index contributed by atoms with van der Waals surface area (Å²) in [6.45, 7) is 0. The molecule has 0 aliphatic rings. The normalized spacial score (nSPS) is 16.0. The molecule has 0 spiro atoms. The van der Waals surface area contributed by atoms with Gasteiger partial charge in [-0.3, -0.25) is 0 Å². The lowest BCUT2D eigenvalue weighted by Crippen LogP contribution is -2.21. The molecule has 2 atom stereocenters. The summed E-state index contributed by atoms with van der Waals surface area (Å²) in [5.74, 6) is 0. The van der Waals surface area contributed by atoms with E-state index in [0.717, 1.165) is 6.26 Å². The van der Waals surface area contributed by atoms with Gasteiger partial charge in [-0.15, -0.1) is 11.6 Å². The quantitative estimate of drug-likeness (QED) is 0.854. The number of sulfone groups is 1. The summed E-state index contributed by atoms with van der Waals surface area (Å²) in [6, 6.07) is 6.19. The Morgan fingerprint density at radius 3 is 2.13 bits per heavy atom. The molecule has 0 unspecified atom stereocenters. The fourth-order valence-corrected chi connectivity index (χ4v) is 1.94. The van der Waals surface area contributed by atoms with E-state index in [1.54, 1.807) is 12.1 Å². The van der Waals surface area contributed by atoms with Gasteiger partial charge < -0.3 is 5.11 Å². The van der Waals surface area contributed by atoms with Crippen LogP contribution >= 0.6 is 23.2 Å². The fraction of sp³-hybridized carbons (Fsp3) is 0.333. The van der Waals surface area contributed by atoms with Crippen molar-refractivity contribution in [1.82, 2.24) is 0 Å². The number of hydrogen-bond acceptors (Lipinski definition) is 3. The number of benzene rings is 1. The first-order valence-corrected chi connectivity index (χ1v) is 6.86. The van der Waals surface area contributed by atoms with Crippen LogP contribution in [0.15, 0.2) is 24.3 Å². The minimum atomic E-state index is -3.48. The smallest absolute Gasteiger partial charge is 0.167 e. The second-order valence-corrected chi connectivity index (χ2v) is 6.51. The first-order valence-electron chi connectivity index (χ1n) is 4.09. The van der Waals surface area contributed by atoms with Crippen molar-refractivity contribution < 1.29 is 13.5 Å². The van der Waals surface area contributed by atoms with E-state index in [1.165, 1.54) is 12.1 Å². The summed E-state index contributed by atoms with van der Waals surface area (Å²) in [4.78, 5) is 0. The third kappa shape index (κ3) is 3.34. The van der Waals surface area contributed by atoms with Gasteiger partial charge in [0.2, 0.25) is 0 Å². The Hall–Kier alpha value is -0.290. The third-order valence-corrected chi connectivity index (χ3v) is 4.41. The van der Waals surface area contributed by atoms with E-state index in [0.29, 0.717) is 10.6 Å². The lowest BCUT2D eigenvalue weighted by Gasteiger charge is -2.15. The van der Waals surface area contributed by atoms with Gasteiger partial charge in [0.1, 0.15) is 6.10 Å². The standard InChI is InChI=1S/C9H10Cl2O3S/c1-15(13,14)9(11)8(12)6-2-4-7(10)5-3-6/h2-5,8-9,12H,1H3/t8-,9-/m0/s1. The summed E-state index contributed by atoms with van der Waals surface area (Å²) in [5.41, 5.74) is 0.421. The summed E-state index contributed by atoms with van der Waals surface area (Å²) in [6.07, 6.45) is -0.275. The van der Waals surface area contributed by atoms with Crippen LogP contribution in [0.2, 0.25) is 5.02 Å².